The number of anilines is 1. The first-order valence-corrected chi connectivity index (χ1v) is 8.43. The van der Waals surface area contributed by atoms with Gasteiger partial charge in [0, 0.05) is 19.3 Å². The molecule has 9 nitrogen and oxygen atoms in total. The molecule has 3 N–H and O–H groups in total. The summed E-state index contributed by atoms with van der Waals surface area (Å²) in [4.78, 5) is 0. The molecule has 0 saturated carbocycles. The van der Waals surface area contributed by atoms with Crippen LogP contribution in [0.25, 0.3) is 0 Å². The highest BCUT2D eigenvalue weighted by Gasteiger charge is 2.15. The van der Waals surface area contributed by atoms with Crippen molar-refractivity contribution in [1.82, 2.24) is 30.4 Å². The molecule has 0 fully saturated rings. The van der Waals surface area contributed by atoms with E-state index in [1.165, 1.54) is 11.8 Å². The van der Waals surface area contributed by atoms with Crippen LogP contribution in [-0.2, 0) is 13.5 Å². The molecule has 0 saturated heterocycles. The van der Waals surface area contributed by atoms with Gasteiger partial charge in [-0.2, -0.15) is 0 Å². The van der Waals surface area contributed by atoms with Gasteiger partial charge in [-0.05, 0) is 22.4 Å². The maximum Gasteiger partial charge on any atom is 0.315 e. The predicted octanol–water partition coefficient (Wildman–Crippen LogP) is 1.04. The first-order chi connectivity index (χ1) is 11.7. The molecular formula is C14H18N8OS. The van der Waals surface area contributed by atoms with Crippen LogP contribution >= 0.6 is 11.8 Å². The van der Waals surface area contributed by atoms with Crippen LogP contribution in [0.1, 0.15) is 17.5 Å². The van der Waals surface area contributed by atoms with Crippen molar-refractivity contribution in [3.63, 3.8) is 0 Å². The van der Waals surface area contributed by atoms with Crippen LogP contribution in [0.5, 0.6) is 0 Å². The number of nitrogens with zero attached hydrogens (tertiary/aromatic N) is 6. The van der Waals surface area contributed by atoms with Crippen LogP contribution in [0.15, 0.2) is 39.9 Å². The minimum atomic E-state index is -0.324. The first kappa shape index (κ1) is 16.4. The SMILES string of the molecule is Cn1nnnc1SCCNc1nnc([C@H](N)Cc2ccccc2)o1. The lowest BCUT2D eigenvalue weighted by Gasteiger charge is -2.06. The van der Waals surface area contributed by atoms with Crippen molar-refractivity contribution >= 4 is 17.8 Å². The van der Waals surface area contributed by atoms with Gasteiger partial charge in [0.2, 0.25) is 11.0 Å². The van der Waals surface area contributed by atoms with E-state index in [1.54, 1.807) is 11.7 Å². The van der Waals surface area contributed by atoms with E-state index in [2.05, 4.69) is 31.0 Å². The topological polar surface area (TPSA) is 121 Å². The molecule has 0 aliphatic heterocycles. The lowest BCUT2D eigenvalue weighted by Crippen LogP contribution is -2.13. The summed E-state index contributed by atoms with van der Waals surface area (Å²) in [6.45, 7) is 0.646. The number of nitrogens with two attached hydrogens (primary N) is 1. The Kier molecular flexibility index (Phi) is 5.39. The zero-order valence-corrected chi connectivity index (χ0v) is 14.0. The van der Waals surface area contributed by atoms with Crippen LogP contribution in [0.4, 0.5) is 6.01 Å². The molecule has 0 radical (unpaired) electrons. The highest BCUT2D eigenvalue weighted by atomic mass is 32.2. The fourth-order valence-electron chi connectivity index (χ4n) is 2.05. The van der Waals surface area contributed by atoms with Gasteiger partial charge in [-0.3, -0.25) is 0 Å². The Morgan fingerprint density at radius 3 is 2.83 bits per heavy atom. The molecule has 0 aliphatic carbocycles. The summed E-state index contributed by atoms with van der Waals surface area (Å²) in [5, 5.41) is 23.1. The van der Waals surface area contributed by atoms with Gasteiger partial charge in [-0.15, -0.1) is 10.2 Å². The van der Waals surface area contributed by atoms with E-state index < -0.39 is 0 Å². The average molecular weight is 346 g/mol. The van der Waals surface area contributed by atoms with Crippen molar-refractivity contribution in [3.05, 3.63) is 41.8 Å². The van der Waals surface area contributed by atoms with E-state index in [0.29, 0.717) is 24.9 Å². The fourth-order valence-corrected chi connectivity index (χ4v) is 2.76. The Hall–Kier alpha value is -2.46. The van der Waals surface area contributed by atoms with Gasteiger partial charge < -0.3 is 15.5 Å². The molecule has 0 aliphatic rings. The maximum atomic E-state index is 6.12. The molecule has 0 spiro atoms. The third-order valence-corrected chi connectivity index (χ3v) is 4.26. The quantitative estimate of drug-likeness (QED) is 0.455. The van der Waals surface area contributed by atoms with Crippen molar-refractivity contribution < 1.29 is 4.42 Å². The number of benzene rings is 1. The van der Waals surface area contributed by atoms with Crippen molar-refractivity contribution in [2.45, 2.75) is 17.6 Å². The Labute approximate surface area is 143 Å². The standard InChI is InChI=1S/C14H18N8OS/c1-22-14(19-20-21-22)24-8-7-16-13-18-17-12(23-13)11(15)9-10-5-3-2-4-6-10/h2-6,11H,7-9,15H2,1H3,(H,16,18)/t11-/m1/s1. The maximum absolute atomic E-state index is 6.12. The second-order valence-electron chi connectivity index (χ2n) is 5.10. The molecule has 2 heterocycles. The van der Waals surface area contributed by atoms with Gasteiger partial charge in [0.1, 0.15) is 0 Å². The van der Waals surface area contributed by atoms with Crippen LogP contribution < -0.4 is 11.1 Å². The Morgan fingerprint density at radius 1 is 1.25 bits per heavy atom. The molecule has 1 aromatic carbocycles. The predicted molar refractivity (Wildman–Crippen MR) is 89.4 cm³/mol. The monoisotopic (exact) mass is 346 g/mol. The van der Waals surface area contributed by atoms with Crippen molar-refractivity contribution in [1.29, 1.82) is 0 Å². The summed E-state index contributed by atoms with van der Waals surface area (Å²) in [6.07, 6.45) is 0.650. The molecule has 3 aromatic rings. The number of hydrogen-bond acceptors (Lipinski definition) is 9. The molecule has 3 rings (SSSR count). The summed E-state index contributed by atoms with van der Waals surface area (Å²) in [7, 11) is 1.80. The lowest BCUT2D eigenvalue weighted by atomic mass is 10.1. The summed E-state index contributed by atoms with van der Waals surface area (Å²) >= 11 is 1.54. The zero-order valence-electron chi connectivity index (χ0n) is 13.2. The number of hydrogen-bond donors (Lipinski definition) is 2. The molecule has 10 heteroatoms. The highest BCUT2D eigenvalue weighted by molar-refractivity contribution is 7.99. The molecular weight excluding hydrogens is 328 g/mol. The number of aromatic nitrogens is 6. The van der Waals surface area contributed by atoms with Crippen LogP contribution in [0.2, 0.25) is 0 Å². The number of tetrazole rings is 1. The molecule has 0 unspecified atom stereocenters. The Morgan fingerprint density at radius 2 is 2.08 bits per heavy atom. The summed E-state index contributed by atoms with van der Waals surface area (Å²) in [6, 6.07) is 10.0. The van der Waals surface area contributed by atoms with Gasteiger partial charge >= 0.3 is 6.01 Å². The average Bonchev–Trinajstić information content (AvgIpc) is 3.22. The number of thioether (sulfide) groups is 1. The van der Waals surface area contributed by atoms with E-state index in [9.17, 15) is 0 Å². The van der Waals surface area contributed by atoms with Crippen molar-refractivity contribution in [2.24, 2.45) is 12.8 Å². The number of aryl methyl sites for hydroxylation is 1. The van der Waals surface area contributed by atoms with E-state index in [1.807, 2.05) is 30.3 Å². The third kappa shape index (κ3) is 4.30. The van der Waals surface area contributed by atoms with Crippen LogP contribution in [0.3, 0.4) is 0 Å². The second-order valence-corrected chi connectivity index (χ2v) is 6.16. The first-order valence-electron chi connectivity index (χ1n) is 7.44. The molecule has 24 heavy (non-hydrogen) atoms. The molecule has 1 atom stereocenters. The summed E-state index contributed by atoms with van der Waals surface area (Å²) < 4.78 is 7.19. The molecule has 126 valence electrons. The fraction of sp³-hybridized carbons (Fsp3) is 0.357. The molecule has 2 aromatic heterocycles. The van der Waals surface area contributed by atoms with Crippen molar-refractivity contribution in [3.8, 4) is 0 Å². The van der Waals surface area contributed by atoms with Gasteiger partial charge in [-0.25, -0.2) is 4.68 Å². The van der Waals surface area contributed by atoms with E-state index in [4.69, 9.17) is 10.2 Å². The minimum Gasteiger partial charge on any atom is -0.406 e. The molecule has 0 amide bonds. The molecule has 0 bridgehead atoms. The van der Waals surface area contributed by atoms with E-state index >= 15 is 0 Å². The van der Waals surface area contributed by atoms with Gasteiger partial charge in [0.05, 0.1) is 6.04 Å². The Bertz CT molecular complexity index is 759. The van der Waals surface area contributed by atoms with E-state index in [0.717, 1.165) is 16.5 Å². The lowest BCUT2D eigenvalue weighted by molar-refractivity contribution is 0.457. The van der Waals surface area contributed by atoms with E-state index in [-0.39, 0.29) is 6.04 Å². The second kappa shape index (κ2) is 7.88. The Balaban J connectivity index is 1.46. The minimum absolute atomic E-state index is 0.324. The smallest absolute Gasteiger partial charge is 0.315 e. The van der Waals surface area contributed by atoms with Crippen LogP contribution in [-0.4, -0.2) is 42.7 Å². The largest absolute Gasteiger partial charge is 0.406 e. The normalized spacial score (nSPS) is 12.2. The van der Waals surface area contributed by atoms with Gasteiger partial charge in [0.15, 0.2) is 0 Å². The zero-order chi connectivity index (χ0) is 16.8. The van der Waals surface area contributed by atoms with Crippen LogP contribution in [0, 0.1) is 0 Å². The summed E-state index contributed by atoms with van der Waals surface area (Å²) in [5.41, 5.74) is 7.25. The third-order valence-electron chi connectivity index (χ3n) is 3.25. The number of rotatable bonds is 8. The number of nitrogens with one attached hydrogen (secondary N) is 1. The highest BCUT2D eigenvalue weighted by Crippen LogP contribution is 2.17. The summed E-state index contributed by atoms with van der Waals surface area (Å²) in [5.74, 6) is 1.19. The van der Waals surface area contributed by atoms with Gasteiger partial charge in [0.25, 0.3) is 0 Å². The van der Waals surface area contributed by atoms with Crippen molar-refractivity contribution in [2.75, 3.05) is 17.6 Å². The van der Waals surface area contributed by atoms with Gasteiger partial charge in [-0.1, -0.05) is 47.2 Å².